The van der Waals surface area contributed by atoms with Gasteiger partial charge in [0, 0.05) is 11.5 Å². The van der Waals surface area contributed by atoms with Crippen LogP contribution < -0.4 is 5.32 Å². The Kier molecular flexibility index (Phi) is 7.41. The summed E-state index contributed by atoms with van der Waals surface area (Å²) >= 11 is 0. The van der Waals surface area contributed by atoms with E-state index in [2.05, 4.69) is 36.2 Å². The van der Waals surface area contributed by atoms with Crippen molar-refractivity contribution in [3.63, 3.8) is 0 Å². The Balaban J connectivity index is 1.87. The van der Waals surface area contributed by atoms with Gasteiger partial charge in [-0.25, -0.2) is 0 Å². The molecule has 1 aliphatic rings. The van der Waals surface area contributed by atoms with Crippen LogP contribution in [0.4, 0.5) is 0 Å². The second kappa shape index (κ2) is 9.32. The number of hydrogen-bond acceptors (Lipinski definition) is 5. The summed E-state index contributed by atoms with van der Waals surface area (Å²) in [4.78, 5) is 15.6. The van der Waals surface area contributed by atoms with Gasteiger partial charge in [0.15, 0.2) is 5.82 Å². The fourth-order valence-corrected chi connectivity index (χ4v) is 3.50. The lowest BCUT2D eigenvalue weighted by Crippen LogP contribution is -2.35. The van der Waals surface area contributed by atoms with Crippen LogP contribution in [-0.2, 0) is 11.3 Å². The minimum Gasteiger partial charge on any atom is -0.481 e. The second-order valence-corrected chi connectivity index (χ2v) is 8.38. The molecule has 1 atom stereocenters. The van der Waals surface area contributed by atoms with E-state index >= 15 is 0 Å². The van der Waals surface area contributed by atoms with Crippen LogP contribution in [-0.4, -0.2) is 26.8 Å². The molecule has 25 heavy (non-hydrogen) atoms. The molecule has 0 spiro atoms. The molecule has 0 amide bonds. The predicted octanol–water partition coefficient (Wildman–Crippen LogP) is 4.27. The van der Waals surface area contributed by atoms with Gasteiger partial charge in [-0.2, -0.15) is 4.98 Å². The number of carboxylic acid groups (broad SMARTS) is 1. The second-order valence-electron chi connectivity index (χ2n) is 8.38. The minimum atomic E-state index is -0.810. The maximum Gasteiger partial charge on any atom is 0.304 e. The molecule has 1 saturated carbocycles. The molecule has 1 aromatic heterocycles. The van der Waals surface area contributed by atoms with Crippen molar-refractivity contribution < 1.29 is 14.4 Å². The van der Waals surface area contributed by atoms with Crippen molar-refractivity contribution in [3.8, 4) is 0 Å². The highest BCUT2D eigenvalue weighted by atomic mass is 16.5. The van der Waals surface area contributed by atoms with Crippen LogP contribution in [0.5, 0.6) is 0 Å². The summed E-state index contributed by atoms with van der Waals surface area (Å²) in [5.41, 5.74) is -0.0265. The summed E-state index contributed by atoms with van der Waals surface area (Å²) in [5.74, 6) is 0.880. The Labute approximate surface area is 150 Å². The Morgan fingerprint density at radius 2 is 2.04 bits per heavy atom. The van der Waals surface area contributed by atoms with Gasteiger partial charge in [0.2, 0.25) is 5.89 Å². The van der Waals surface area contributed by atoms with E-state index in [1.165, 1.54) is 38.5 Å². The molecule has 1 aliphatic carbocycles. The van der Waals surface area contributed by atoms with Crippen LogP contribution in [0.3, 0.4) is 0 Å². The first-order valence-corrected chi connectivity index (χ1v) is 9.63. The predicted molar refractivity (Wildman–Crippen MR) is 96.3 cm³/mol. The Morgan fingerprint density at radius 3 is 2.68 bits per heavy atom. The van der Waals surface area contributed by atoms with Crippen LogP contribution in [0.15, 0.2) is 4.52 Å². The summed E-state index contributed by atoms with van der Waals surface area (Å²) in [5, 5.41) is 16.5. The van der Waals surface area contributed by atoms with E-state index in [0.29, 0.717) is 18.3 Å². The van der Waals surface area contributed by atoms with E-state index in [1.807, 2.05) is 0 Å². The van der Waals surface area contributed by atoms with Crippen molar-refractivity contribution in [2.45, 2.75) is 96.6 Å². The quantitative estimate of drug-likeness (QED) is 0.691. The average molecular weight is 351 g/mol. The van der Waals surface area contributed by atoms with Gasteiger partial charge in [0.05, 0.1) is 13.0 Å². The van der Waals surface area contributed by atoms with Gasteiger partial charge in [-0.1, -0.05) is 50.1 Å². The van der Waals surface area contributed by atoms with E-state index in [9.17, 15) is 9.90 Å². The lowest BCUT2D eigenvalue weighted by molar-refractivity contribution is -0.137. The summed E-state index contributed by atoms with van der Waals surface area (Å²) in [6.45, 7) is 6.75. The van der Waals surface area contributed by atoms with Crippen molar-refractivity contribution in [1.82, 2.24) is 15.5 Å². The highest BCUT2D eigenvalue weighted by molar-refractivity contribution is 5.67. The normalized spacial score (nSPS) is 17.6. The number of carboxylic acids is 1. The molecular weight excluding hydrogens is 318 g/mol. The molecule has 0 saturated heterocycles. The van der Waals surface area contributed by atoms with Crippen molar-refractivity contribution in [1.29, 1.82) is 0 Å². The summed E-state index contributed by atoms with van der Waals surface area (Å²) in [6, 6.07) is 0. The van der Waals surface area contributed by atoms with Gasteiger partial charge >= 0.3 is 5.97 Å². The topological polar surface area (TPSA) is 88.2 Å². The van der Waals surface area contributed by atoms with Gasteiger partial charge in [0.1, 0.15) is 0 Å². The zero-order chi connectivity index (χ0) is 18.3. The van der Waals surface area contributed by atoms with E-state index in [-0.39, 0.29) is 17.9 Å². The van der Waals surface area contributed by atoms with Crippen LogP contribution in [0.1, 0.15) is 96.2 Å². The number of aliphatic carboxylic acids is 1. The third-order valence-electron chi connectivity index (χ3n) is 4.92. The molecule has 2 N–H and O–H groups in total. The van der Waals surface area contributed by atoms with Gasteiger partial charge in [-0.3, -0.25) is 4.79 Å². The smallest absolute Gasteiger partial charge is 0.304 e. The monoisotopic (exact) mass is 351 g/mol. The maximum atomic E-state index is 11.2. The van der Waals surface area contributed by atoms with Crippen molar-refractivity contribution in [2.75, 3.05) is 0 Å². The number of rotatable bonds is 9. The first kappa shape index (κ1) is 19.9. The third kappa shape index (κ3) is 7.55. The van der Waals surface area contributed by atoms with E-state index < -0.39 is 5.97 Å². The zero-order valence-corrected chi connectivity index (χ0v) is 15.9. The van der Waals surface area contributed by atoms with Crippen LogP contribution >= 0.6 is 0 Å². The highest BCUT2D eigenvalue weighted by Gasteiger charge is 2.23. The molecule has 1 unspecified atom stereocenters. The Morgan fingerprint density at radius 1 is 1.32 bits per heavy atom. The Bertz CT molecular complexity index is 530. The first-order chi connectivity index (χ1) is 11.8. The fraction of sp³-hybridized carbons (Fsp3) is 0.842. The summed E-state index contributed by atoms with van der Waals surface area (Å²) in [6.07, 6.45) is 9.78. The number of carbonyl (C=O) groups is 1. The molecular formula is C19H33N3O3. The SMILES string of the molecule is CC(C)(C)NCc1noc(C(CCCC2CCCCC2)CC(=O)O)n1. The zero-order valence-electron chi connectivity index (χ0n) is 15.9. The minimum absolute atomic E-state index is 0.0265. The van der Waals surface area contributed by atoms with Crippen LogP contribution in [0.25, 0.3) is 0 Å². The van der Waals surface area contributed by atoms with Crippen molar-refractivity contribution in [2.24, 2.45) is 5.92 Å². The van der Waals surface area contributed by atoms with E-state index in [4.69, 9.17) is 4.52 Å². The molecule has 1 fully saturated rings. The molecule has 2 rings (SSSR count). The standard InChI is InChI=1S/C19H33N3O3/c1-19(2,3)20-13-16-21-18(25-22-16)15(12-17(23)24)11-7-10-14-8-5-4-6-9-14/h14-15,20H,4-13H2,1-3H3,(H,23,24). The number of nitrogens with one attached hydrogen (secondary N) is 1. The molecule has 0 radical (unpaired) electrons. The largest absolute Gasteiger partial charge is 0.481 e. The molecule has 6 heteroatoms. The number of nitrogens with zero attached hydrogens (tertiary/aromatic N) is 2. The molecule has 1 heterocycles. The van der Waals surface area contributed by atoms with E-state index in [0.717, 1.165) is 18.8 Å². The van der Waals surface area contributed by atoms with Crippen LogP contribution in [0, 0.1) is 5.92 Å². The molecule has 142 valence electrons. The van der Waals surface area contributed by atoms with Gasteiger partial charge in [0.25, 0.3) is 0 Å². The lowest BCUT2D eigenvalue weighted by Gasteiger charge is -2.21. The first-order valence-electron chi connectivity index (χ1n) is 9.63. The fourth-order valence-electron chi connectivity index (χ4n) is 3.50. The summed E-state index contributed by atoms with van der Waals surface area (Å²) < 4.78 is 5.37. The van der Waals surface area contributed by atoms with E-state index in [1.54, 1.807) is 0 Å². The van der Waals surface area contributed by atoms with Gasteiger partial charge in [-0.05, 0) is 33.1 Å². The van der Waals surface area contributed by atoms with Gasteiger partial charge in [-0.15, -0.1) is 0 Å². The van der Waals surface area contributed by atoms with Crippen LogP contribution in [0.2, 0.25) is 0 Å². The Hall–Kier alpha value is -1.43. The molecule has 6 nitrogen and oxygen atoms in total. The molecule has 0 aromatic carbocycles. The summed E-state index contributed by atoms with van der Waals surface area (Å²) in [7, 11) is 0. The third-order valence-corrected chi connectivity index (χ3v) is 4.92. The number of hydrogen-bond donors (Lipinski definition) is 2. The van der Waals surface area contributed by atoms with Gasteiger partial charge < -0.3 is 14.9 Å². The van der Waals surface area contributed by atoms with Crippen molar-refractivity contribution >= 4 is 5.97 Å². The van der Waals surface area contributed by atoms with Crippen molar-refractivity contribution in [3.05, 3.63) is 11.7 Å². The molecule has 1 aromatic rings. The molecule has 0 bridgehead atoms. The number of aromatic nitrogens is 2. The molecule has 0 aliphatic heterocycles. The highest BCUT2D eigenvalue weighted by Crippen LogP contribution is 2.31. The lowest BCUT2D eigenvalue weighted by atomic mass is 9.84. The maximum absolute atomic E-state index is 11.2. The average Bonchev–Trinajstić information content (AvgIpc) is 3.01.